The van der Waals surface area contributed by atoms with Crippen molar-refractivity contribution in [2.45, 2.75) is 44.8 Å². The average Bonchev–Trinajstić information content (AvgIpc) is 2.09. The van der Waals surface area contributed by atoms with Crippen LogP contribution in [-0.2, 0) is 4.74 Å². The van der Waals surface area contributed by atoms with E-state index in [1.807, 2.05) is 6.92 Å². The van der Waals surface area contributed by atoms with Crippen molar-refractivity contribution in [1.82, 2.24) is 0 Å². The van der Waals surface area contributed by atoms with Crippen molar-refractivity contribution in [2.75, 3.05) is 6.61 Å². The minimum Gasteiger partial charge on any atom is -0.366 e. The first-order valence-electron chi connectivity index (χ1n) is 4.59. The zero-order chi connectivity index (χ0) is 8.81. The molecule has 0 saturated heterocycles. The second-order valence-corrected chi connectivity index (χ2v) is 3.27. The summed E-state index contributed by atoms with van der Waals surface area (Å²) in [4.78, 5) is 0. The van der Waals surface area contributed by atoms with E-state index < -0.39 is 0 Å². The number of nitrogens with two attached hydrogens (primary N) is 1. The average molecular weight is 167 g/mol. The van der Waals surface area contributed by atoms with Gasteiger partial charge in [0.15, 0.2) is 0 Å². The number of hydrogen-bond donors (Lipinski definition) is 1. The maximum absolute atomic E-state index is 5.77. The molecular weight excluding hydrogens is 150 g/mol. The van der Waals surface area contributed by atoms with Gasteiger partial charge in [-0.25, -0.2) is 0 Å². The van der Waals surface area contributed by atoms with Crippen LogP contribution in [0.15, 0.2) is 0 Å². The van der Waals surface area contributed by atoms with Gasteiger partial charge in [0.25, 0.3) is 0 Å². The van der Waals surface area contributed by atoms with Crippen LogP contribution in [0, 0.1) is 11.8 Å². The highest BCUT2D eigenvalue weighted by Gasteiger charge is 2.18. The van der Waals surface area contributed by atoms with Crippen molar-refractivity contribution in [3.8, 4) is 11.8 Å². The third-order valence-electron chi connectivity index (χ3n) is 2.29. The predicted molar refractivity (Wildman–Crippen MR) is 49.6 cm³/mol. The Bertz CT molecular complexity index is 172. The summed E-state index contributed by atoms with van der Waals surface area (Å²) in [6, 6.07) is 0.405. The topological polar surface area (TPSA) is 35.2 Å². The van der Waals surface area contributed by atoms with E-state index in [1.165, 1.54) is 0 Å². The number of ether oxygens (including phenoxy) is 1. The molecule has 0 aromatic heterocycles. The van der Waals surface area contributed by atoms with Gasteiger partial charge in [-0.15, -0.1) is 5.92 Å². The van der Waals surface area contributed by atoms with Crippen LogP contribution in [0.4, 0.5) is 0 Å². The molecule has 2 heteroatoms. The van der Waals surface area contributed by atoms with E-state index >= 15 is 0 Å². The van der Waals surface area contributed by atoms with E-state index in [1.54, 1.807) is 0 Å². The van der Waals surface area contributed by atoms with Crippen molar-refractivity contribution < 1.29 is 4.74 Å². The van der Waals surface area contributed by atoms with Crippen LogP contribution < -0.4 is 5.73 Å². The molecule has 0 unspecified atom stereocenters. The lowest BCUT2D eigenvalue weighted by molar-refractivity contribution is 0.0458. The summed E-state index contributed by atoms with van der Waals surface area (Å²) >= 11 is 0. The molecule has 0 aromatic carbocycles. The van der Waals surface area contributed by atoms with Crippen LogP contribution in [0.3, 0.4) is 0 Å². The normalized spacial score (nSPS) is 29.2. The molecule has 0 spiro atoms. The van der Waals surface area contributed by atoms with Gasteiger partial charge in [0.2, 0.25) is 0 Å². The summed E-state index contributed by atoms with van der Waals surface area (Å²) in [5.41, 5.74) is 5.77. The van der Waals surface area contributed by atoms with Crippen molar-refractivity contribution in [3.05, 3.63) is 0 Å². The van der Waals surface area contributed by atoms with Crippen LogP contribution in [0.2, 0.25) is 0 Å². The second kappa shape index (κ2) is 5.18. The van der Waals surface area contributed by atoms with E-state index in [2.05, 4.69) is 11.8 Å². The molecule has 0 atom stereocenters. The first-order chi connectivity index (χ1) is 5.83. The molecule has 2 nitrogen and oxygen atoms in total. The van der Waals surface area contributed by atoms with Gasteiger partial charge in [-0.1, -0.05) is 5.92 Å². The zero-order valence-electron chi connectivity index (χ0n) is 7.68. The third kappa shape index (κ3) is 3.25. The SMILES string of the molecule is CC#CCOC1CCC(N)CC1. The molecule has 0 radical (unpaired) electrons. The fraction of sp³-hybridized carbons (Fsp3) is 0.800. The molecule has 1 rings (SSSR count). The third-order valence-corrected chi connectivity index (χ3v) is 2.29. The van der Waals surface area contributed by atoms with Crippen LogP contribution in [0.25, 0.3) is 0 Å². The maximum atomic E-state index is 5.77. The van der Waals surface area contributed by atoms with Gasteiger partial charge in [-0.2, -0.15) is 0 Å². The number of hydrogen-bond acceptors (Lipinski definition) is 2. The minimum absolute atomic E-state index is 0.405. The lowest BCUT2D eigenvalue weighted by Crippen LogP contribution is -2.30. The molecule has 1 aliphatic rings. The van der Waals surface area contributed by atoms with Crippen molar-refractivity contribution in [3.63, 3.8) is 0 Å². The van der Waals surface area contributed by atoms with E-state index in [0.717, 1.165) is 25.7 Å². The van der Waals surface area contributed by atoms with Gasteiger partial charge < -0.3 is 10.5 Å². The van der Waals surface area contributed by atoms with E-state index in [-0.39, 0.29) is 0 Å². The minimum atomic E-state index is 0.405. The van der Waals surface area contributed by atoms with Crippen LogP contribution in [0.5, 0.6) is 0 Å². The Morgan fingerprint density at radius 3 is 2.58 bits per heavy atom. The monoisotopic (exact) mass is 167 g/mol. The first-order valence-corrected chi connectivity index (χ1v) is 4.59. The summed E-state index contributed by atoms with van der Waals surface area (Å²) in [5.74, 6) is 5.72. The predicted octanol–water partition coefficient (Wildman–Crippen LogP) is 1.30. The zero-order valence-corrected chi connectivity index (χ0v) is 7.68. The molecule has 1 saturated carbocycles. The van der Waals surface area contributed by atoms with Crippen LogP contribution >= 0.6 is 0 Å². The smallest absolute Gasteiger partial charge is 0.108 e. The van der Waals surface area contributed by atoms with Gasteiger partial charge in [0.05, 0.1) is 6.10 Å². The molecule has 0 heterocycles. The molecule has 2 N–H and O–H groups in total. The molecule has 0 aliphatic heterocycles. The summed E-state index contributed by atoms with van der Waals surface area (Å²) in [6.45, 7) is 2.41. The molecule has 1 aliphatic carbocycles. The maximum Gasteiger partial charge on any atom is 0.108 e. The van der Waals surface area contributed by atoms with Crippen molar-refractivity contribution in [1.29, 1.82) is 0 Å². The van der Waals surface area contributed by atoms with Crippen molar-refractivity contribution >= 4 is 0 Å². The van der Waals surface area contributed by atoms with Crippen LogP contribution in [-0.4, -0.2) is 18.8 Å². The fourth-order valence-corrected chi connectivity index (χ4v) is 1.49. The summed E-state index contributed by atoms with van der Waals surface area (Å²) in [6.07, 6.45) is 4.82. The van der Waals surface area contributed by atoms with Crippen molar-refractivity contribution in [2.24, 2.45) is 5.73 Å². The van der Waals surface area contributed by atoms with Gasteiger partial charge >= 0.3 is 0 Å². The lowest BCUT2D eigenvalue weighted by Gasteiger charge is -2.25. The van der Waals surface area contributed by atoms with Gasteiger partial charge in [-0.05, 0) is 32.6 Å². The molecule has 1 fully saturated rings. The summed E-state index contributed by atoms with van der Waals surface area (Å²) < 4.78 is 5.54. The molecule has 12 heavy (non-hydrogen) atoms. The van der Waals surface area contributed by atoms with E-state index in [0.29, 0.717) is 18.8 Å². The molecular formula is C10H17NO. The fourth-order valence-electron chi connectivity index (χ4n) is 1.49. The highest BCUT2D eigenvalue weighted by atomic mass is 16.5. The quantitative estimate of drug-likeness (QED) is 0.629. The first kappa shape index (κ1) is 9.57. The molecule has 0 aromatic rings. The molecule has 68 valence electrons. The Labute approximate surface area is 74.5 Å². The Balaban J connectivity index is 2.12. The Morgan fingerprint density at radius 1 is 1.33 bits per heavy atom. The highest BCUT2D eigenvalue weighted by molar-refractivity contribution is 4.95. The molecule has 0 bridgehead atoms. The van der Waals surface area contributed by atoms with Gasteiger partial charge in [0.1, 0.15) is 6.61 Å². The summed E-state index contributed by atoms with van der Waals surface area (Å²) in [5, 5.41) is 0. The molecule has 0 amide bonds. The Hall–Kier alpha value is -0.520. The standard InChI is InChI=1S/C10H17NO/c1-2-3-8-12-10-6-4-9(11)5-7-10/h9-10H,4-8,11H2,1H3. The number of rotatable bonds is 2. The highest BCUT2D eigenvalue weighted by Crippen LogP contribution is 2.19. The van der Waals surface area contributed by atoms with Gasteiger partial charge in [-0.3, -0.25) is 0 Å². The van der Waals surface area contributed by atoms with E-state index in [9.17, 15) is 0 Å². The largest absolute Gasteiger partial charge is 0.366 e. The van der Waals surface area contributed by atoms with Gasteiger partial charge in [0, 0.05) is 6.04 Å². The van der Waals surface area contributed by atoms with Crippen LogP contribution in [0.1, 0.15) is 32.6 Å². The van der Waals surface area contributed by atoms with E-state index in [4.69, 9.17) is 10.5 Å². The summed E-state index contributed by atoms with van der Waals surface area (Å²) in [7, 11) is 0. The Kier molecular flexibility index (Phi) is 4.13. The Morgan fingerprint density at radius 2 is 2.00 bits per heavy atom. The second-order valence-electron chi connectivity index (χ2n) is 3.27. The lowest BCUT2D eigenvalue weighted by atomic mass is 9.94.